The molecule has 6 nitrogen and oxygen atoms in total. The van der Waals surface area contributed by atoms with Crippen molar-refractivity contribution in [1.29, 1.82) is 0 Å². The zero-order valence-corrected chi connectivity index (χ0v) is 12.2. The van der Waals surface area contributed by atoms with E-state index in [4.69, 9.17) is 9.84 Å². The monoisotopic (exact) mass is 290 g/mol. The summed E-state index contributed by atoms with van der Waals surface area (Å²) in [5.74, 6) is -0.482. The topological polar surface area (TPSA) is 78.9 Å². The second-order valence-corrected chi connectivity index (χ2v) is 5.48. The van der Waals surface area contributed by atoms with Crippen molar-refractivity contribution in [2.75, 3.05) is 25.5 Å². The maximum atomic E-state index is 12.1. The van der Waals surface area contributed by atoms with Crippen LogP contribution < -0.4 is 5.32 Å². The maximum absolute atomic E-state index is 12.1. The summed E-state index contributed by atoms with van der Waals surface area (Å²) in [7, 11) is 0. The number of amides is 2. The molecule has 1 rings (SSSR count). The van der Waals surface area contributed by atoms with E-state index in [1.165, 1.54) is 16.7 Å². The molecular weight excluding hydrogens is 268 g/mol. The van der Waals surface area contributed by atoms with Gasteiger partial charge in [0.2, 0.25) is 0 Å². The van der Waals surface area contributed by atoms with Crippen LogP contribution in [0.2, 0.25) is 0 Å². The summed E-state index contributed by atoms with van der Waals surface area (Å²) >= 11 is 1.54. The average Bonchev–Trinajstić information content (AvgIpc) is 2.79. The van der Waals surface area contributed by atoms with E-state index in [-0.39, 0.29) is 11.4 Å². The molecule has 2 unspecified atom stereocenters. The first kappa shape index (κ1) is 16.1. The standard InChI is InChI=1S/C12H22N2O4S/c1-3-5-10-14(9(8-19-10)11(15)16)12(17)13-6-7-18-4-2/h9-10H,3-8H2,1-2H3,(H,13,17)(H,15,16). The SMILES string of the molecule is CCCC1SCC(C(=O)O)N1C(=O)NCCOCC. The predicted octanol–water partition coefficient (Wildman–Crippen LogP) is 1.36. The van der Waals surface area contributed by atoms with Gasteiger partial charge in [-0.05, 0) is 13.3 Å². The second-order valence-electron chi connectivity index (χ2n) is 4.27. The predicted molar refractivity (Wildman–Crippen MR) is 74.3 cm³/mol. The van der Waals surface area contributed by atoms with Crippen molar-refractivity contribution in [3.63, 3.8) is 0 Å². The number of carbonyl (C=O) groups is 2. The van der Waals surface area contributed by atoms with Gasteiger partial charge in [0, 0.05) is 18.9 Å². The Labute approximate surface area is 117 Å². The Morgan fingerprint density at radius 1 is 1.47 bits per heavy atom. The number of carboxylic acids is 1. The number of carbonyl (C=O) groups excluding carboxylic acids is 1. The molecule has 2 atom stereocenters. The highest BCUT2D eigenvalue weighted by molar-refractivity contribution is 8.00. The summed E-state index contributed by atoms with van der Waals surface area (Å²) in [6, 6.07) is -1.04. The summed E-state index contributed by atoms with van der Waals surface area (Å²) in [6.45, 7) is 5.36. The molecule has 0 aliphatic carbocycles. The fourth-order valence-corrected chi connectivity index (χ4v) is 3.47. The van der Waals surface area contributed by atoms with Gasteiger partial charge in [-0.1, -0.05) is 13.3 Å². The van der Waals surface area contributed by atoms with Gasteiger partial charge in [0.15, 0.2) is 0 Å². The molecule has 1 heterocycles. The number of hydrogen-bond donors (Lipinski definition) is 2. The van der Waals surface area contributed by atoms with Crippen molar-refractivity contribution < 1.29 is 19.4 Å². The molecule has 0 aromatic heterocycles. The summed E-state index contributed by atoms with van der Waals surface area (Å²) < 4.78 is 5.14. The molecule has 7 heteroatoms. The van der Waals surface area contributed by atoms with Gasteiger partial charge >= 0.3 is 12.0 Å². The highest BCUT2D eigenvalue weighted by atomic mass is 32.2. The van der Waals surface area contributed by atoms with Gasteiger partial charge in [-0.2, -0.15) is 0 Å². The van der Waals surface area contributed by atoms with E-state index in [9.17, 15) is 9.59 Å². The number of hydrogen-bond acceptors (Lipinski definition) is 4. The number of urea groups is 1. The number of aliphatic carboxylic acids is 1. The number of thioether (sulfide) groups is 1. The van der Waals surface area contributed by atoms with Crippen molar-refractivity contribution in [3.8, 4) is 0 Å². The zero-order valence-electron chi connectivity index (χ0n) is 11.4. The van der Waals surface area contributed by atoms with Gasteiger partial charge in [0.25, 0.3) is 0 Å². The minimum absolute atomic E-state index is 0.0433. The molecule has 0 aromatic rings. The first-order chi connectivity index (χ1) is 9.11. The Morgan fingerprint density at radius 2 is 2.21 bits per heavy atom. The Morgan fingerprint density at radius 3 is 2.79 bits per heavy atom. The second kappa shape index (κ2) is 8.27. The molecule has 0 aromatic carbocycles. The van der Waals surface area contributed by atoms with Crippen molar-refractivity contribution in [1.82, 2.24) is 10.2 Å². The molecule has 1 fully saturated rings. The molecule has 0 bridgehead atoms. The highest BCUT2D eigenvalue weighted by Gasteiger charge is 2.40. The van der Waals surface area contributed by atoms with Crippen LogP contribution in [0, 0.1) is 0 Å². The summed E-state index contributed by atoms with van der Waals surface area (Å²) in [4.78, 5) is 24.7. The smallest absolute Gasteiger partial charge is 0.327 e. The summed E-state index contributed by atoms with van der Waals surface area (Å²) in [5, 5.41) is 11.8. The Hall–Kier alpha value is -0.950. The lowest BCUT2D eigenvalue weighted by molar-refractivity contribution is -0.141. The van der Waals surface area contributed by atoms with Crippen LogP contribution in [0.25, 0.3) is 0 Å². The molecule has 1 aliphatic rings. The lowest BCUT2D eigenvalue weighted by Gasteiger charge is -2.27. The van der Waals surface area contributed by atoms with E-state index in [1.807, 2.05) is 13.8 Å². The van der Waals surface area contributed by atoms with Gasteiger partial charge in [0.1, 0.15) is 6.04 Å². The van der Waals surface area contributed by atoms with Gasteiger partial charge < -0.3 is 15.2 Å². The van der Waals surface area contributed by atoms with Crippen LogP contribution in [0.4, 0.5) is 4.79 Å². The van der Waals surface area contributed by atoms with Gasteiger partial charge in [0.05, 0.1) is 12.0 Å². The first-order valence-corrected chi connectivity index (χ1v) is 7.65. The molecule has 110 valence electrons. The lowest BCUT2D eigenvalue weighted by atomic mass is 10.2. The first-order valence-electron chi connectivity index (χ1n) is 6.60. The van der Waals surface area contributed by atoms with E-state index >= 15 is 0 Å². The Kier molecular flexibility index (Phi) is 7.01. The molecule has 0 spiro atoms. The fourth-order valence-electron chi connectivity index (χ4n) is 1.96. The average molecular weight is 290 g/mol. The molecule has 1 saturated heterocycles. The molecule has 1 aliphatic heterocycles. The Balaban J connectivity index is 2.56. The maximum Gasteiger partial charge on any atom is 0.327 e. The molecular formula is C12H22N2O4S. The normalized spacial score (nSPS) is 22.5. The summed E-state index contributed by atoms with van der Waals surface area (Å²) in [6.07, 6.45) is 1.74. The van der Waals surface area contributed by atoms with Crippen LogP contribution in [-0.4, -0.2) is 58.9 Å². The van der Waals surface area contributed by atoms with E-state index in [1.54, 1.807) is 0 Å². The van der Waals surface area contributed by atoms with Gasteiger partial charge in [-0.3, -0.25) is 4.90 Å². The fraction of sp³-hybridized carbons (Fsp3) is 0.833. The number of nitrogens with zero attached hydrogens (tertiary/aromatic N) is 1. The van der Waals surface area contributed by atoms with E-state index in [2.05, 4.69) is 5.32 Å². The third-order valence-electron chi connectivity index (χ3n) is 2.87. The number of ether oxygens (including phenoxy) is 1. The van der Waals surface area contributed by atoms with E-state index in [0.717, 1.165) is 12.8 Å². The molecule has 19 heavy (non-hydrogen) atoms. The van der Waals surface area contributed by atoms with Crippen LogP contribution in [0.5, 0.6) is 0 Å². The number of nitrogens with one attached hydrogen (secondary N) is 1. The van der Waals surface area contributed by atoms with Gasteiger partial charge in [-0.15, -0.1) is 11.8 Å². The zero-order chi connectivity index (χ0) is 14.3. The summed E-state index contributed by atoms with van der Waals surface area (Å²) in [5.41, 5.74) is 0. The largest absolute Gasteiger partial charge is 0.480 e. The third kappa shape index (κ3) is 4.58. The highest BCUT2D eigenvalue weighted by Crippen LogP contribution is 2.32. The quantitative estimate of drug-likeness (QED) is 0.692. The van der Waals surface area contributed by atoms with Crippen LogP contribution in [0.15, 0.2) is 0 Å². The van der Waals surface area contributed by atoms with Crippen molar-refractivity contribution in [2.24, 2.45) is 0 Å². The van der Waals surface area contributed by atoms with Crippen molar-refractivity contribution in [3.05, 3.63) is 0 Å². The molecule has 0 radical (unpaired) electrons. The molecule has 2 N–H and O–H groups in total. The van der Waals surface area contributed by atoms with Gasteiger partial charge in [-0.25, -0.2) is 9.59 Å². The van der Waals surface area contributed by atoms with Crippen LogP contribution in [0.1, 0.15) is 26.7 Å². The molecule has 2 amide bonds. The third-order valence-corrected chi connectivity index (χ3v) is 4.23. The lowest BCUT2D eigenvalue weighted by Crippen LogP contribution is -2.50. The minimum Gasteiger partial charge on any atom is -0.480 e. The van der Waals surface area contributed by atoms with Crippen molar-refractivity contribution in [2.45, 2.75) is 38.1 Å². The van der Waals surface area contributed by atoms with E-state index < -0.39 is 12.0 Å². The van der Waals surface area contributed by atoms with Crippen LogP contribution in [-0.2, 0) is 9.53 Å². The number of carboxylic acid groups (broad SMARTS) is 1. The van der Waals surface area contributed by atoms with Crippen molar-refractivity contribution >= 4 is 23.8 Å². The van der Waals surface area contributed by atoms with E-state index in [0.29, 0.717) is 25.5 Å². The molecule has 0 saturated carbocycles. The minimum atomic E-state index is -0.939. The van der Waals surface area contributed by atoms with Crippen LogP contribution >= 0.6 is 11.8 Å². The Bertz CT molecular complexity index is 314. The van der Waals surface area contributed by atoms with Crippen LogP contribution in [0.3, 0.4) is 0 Å². The number of rotatable bonds is 7.